The fourth-order valence-electron chi connectivity index (χ4n) is 2.60. The van der Waals surface area contributed by atoms with Gasteiger partial charge in [0.1, 0.15) is 11.9 Å². The minimum absolute atomic E-state index is 0.120. The fourth-order valence-corrected chi connectivity index (χ4v) is 3.70. The van der Waals surface area contributed by atoms with E-state index in [9.17, 15) is 9.90 Å². The third-order valence-electron chi connectivity index (χ3n) is 3.94. The molecular weight excluding hydrogens is 352 g/mol. The van der Waals surface area contributed by atoms with Gasteiger partial charge in [-0.25, -0.2) is 9.79 Å². The number of benzene rings is 1. The summed E-state index contributed by atoms with van der Waals surface area (Å²) in [6.45, 7) is 9.10. The second kappa shape index (κ2) is 10.2. The van der Waals surface area contributed by atoms with Crippen molar-refractivity contribution >= 4 is 17.9 Å². The van der Waals surface area contributed by atoms with Gasteiger partial charge in [0.05, 0.1) is 0 Å². The first-order valence-corrected chi connectivity index (χ1v) is 9.11. The van der Waals surface area contributed by atoms with Gasteiger partial charge in [-0.2, -0.15) is 0 Å². The standard InChI is InChI=1S/C19H24N2O4S/c1-3-4-7-14(2)25-15-10-12-21(13-11-15)26-17-9-6-5-8-16(17)18(22)19(23)20-24/h3-9,15,18,22,24H,1-2,10-13H2,(H,20,23)/b7-4-. The van der Waals surface area contributed by atoms with E-state index in [0.29, 0.717) is 11.3 Å². The Hall–Kier alpha value is -2.06. The van der Waals surface area contributed by atoms with Crippen molar-refractivity contribution in [3.63, 3.8) is 0 Å². The summed E-state index contributed by atoms with van der Waals surface area (Å²) in [5.74, 6) is -0.226. The molecule has 0 aliphatic carbocycles. The van der Waals surface area contributed by atoms with Gasteiger partial charge < -0.3 is 9.84 Å². The molecule has 1 aliphatic rings. The summed E-state index contributed by atoms with van der Waals surface area (Å²) in [6, 6.07) is 7.11. The highest BCUT2D eigenvalue weighted by Gasteiger charge is 2.24. The van der Waals surface area contributed by atoms with E-state index in [1.54, 1.807) is 30.4 Å². The molecule has 1 aromatic rings. The predicted molar refractivity (Wildman–Crippen MR) is 101 cm³/mol. The van der Waals surface area contributed by atoms with Gasteiger partial charge in [0, 0.05) is 23.5 Å². The van der Waals surface area contributed by atoms with Crippen molar-refractivity contribution < 1.29 is 19.8 Å². The number of carbonyl (C=O) groups excluding carboxylic acids is 1. The lowest BCUT2D eigenvalue weighted by Gasteiger charge is -2.31. The molecule has 1 heterocycles. The molecule has 3 N–H and O–H groups in total. The molecule has 0 saturated carbocycles. The molecule has 1 aromatic carbocycles. The SMILES string of the molecule is C=C/C=C\C(=C)OC1CCN(Sc2ccccc2C(O)C(=O)NO)CC1. The van der Waals surface area contributed by atoms with E-state index in [0.717, 1.165) is 30.8 Å². The van der Waals surface area contributed by atoms with Crippen molar-refractivity contribution in [3.05, 3.63) is 67.0 Å². The number of rotatable bonds is 8. The molecule has 2 rings (SSSR count). The molecule has 1 atom stereocenters. The highest BCUT2D eigenvalue weighted by molar-refractivity contribution is 7.97. The predicted octanol–water partition coefficient (Wildman–Crippen LogP) is 2.97. The summed E-state index contributed by atoms with van der Waals surface area (Å²) in [7, 11) is 0. The third-order valence-corrected chi connectivity index (χ3v) is 5.13. The minimum Gasteiger partial charge on any atom is -0.491 e. The maximum absolute atomic E-state index is 11.5. The number of aliphatic hydroxyl groups is 1. The second-order valence-electron chi connectivity index (χ2n) is 5.82. The summed E-state index contributed by atoms with van der Waals surface area (Å²) < 4.78 is 7.99. The number of piperidine rings is 1. The van der Waals surface area contributed by atoms with Crippen LogP contribution in [0.1, 0.15) is 24.5 Å². The highest BCUT2D eigenvalue weighted by Crippen LogP contribution is 2.32. The zero-order valence-electron chi connectivity index (χ0n) is 14.5. The molecule has 0 bridgehead atoms. The van der Waals surface area contributed by atoms with Gasteiger partial charge in [-0.05, 0) is 36.9 Å². The van der Waals surface area contributed by atoms with Gasteiger partial charge in [0.2, 0.25) is 0 Å². The number of hydroxylamine groups is 1. The van der Waals surface area contributed by atoms with Crippen LogP contribution >= 0.6 is 11.9 Å². The van der Waals surface area contributed by atoms with E-state index in [1.807, 2.05) is 12.1 Å². The molecule has 7 heteroatoms. The van der Waals surface area contributed by atoms with Crippen molar-refractivity contribution in [1.82, 2.24) is 9.79 Å². The molecule has 0 spiro atoms. The average molecular weight is 376 g/mol. The van der Waals surface area contributed by atoms with E-state index in [-0.39, 0.29) is 6.10 Å². The van der Waals surface area contributed by atoms with Crippen molar-refractivity contribution in [3.8, 4) is 0 Å². The number of amides is 1. The molecule has 26 heavy (non-hydrogen) atoms. The molecule has 1 aliphatic heterocycles. The summed E-state index contributed by atoms with van der Waals surface area (Å²) in [4.78, 5) is 12.3. The van der Waals surface area contributed by atoms with Crippen LogP contribution in [-0.2, 0) is 9.53 Å². The maximum Gasteiger partial charge on any atom is 0.276 e. The second-order valence-corrected chi connectivity index (χ2v) is 6.95. The van der Waals surface area contributed by atoms with Crippen LogP contribution in [0.4, 0.5) is 0 Å². The van der Waals surface area contributed by atoms with Crippen LogP contribution in [0.15, 0.2) is 66.3 Å². The molecule has 1 fully saturated rings. The van der Waals surface area contributed by atoms with Crippen LogP contribution < -0.4 is 5.48 Å². The summed E-state index contributed by atoms with van der Waals surface area (Å²) in [6.07, 6.45) is 5.68. The van der Waals surface area contributed by atoms with Gasteiger partial charge in [-0.15, -0.1) is 0 Å². The van der Waals surface area contributed by atoms with Gasteiger partial charge in [-0.3, -0.25) is 10.0 Å². The summed E-state index contributed by atoms with van der Waals surface area (Å²) >= 11 is 1.49. The van der Waals surface area contributed by atoms with Crippen molar-refractivity contribution in [2.75, 3.05) is 13.1 Å². The Morgan fingerprint density at radius 2 is 2.08 bits per heavy atom. The van der Waals surface area contributed by atoms with Crippen LogP contribution in [-0.4, -0.2) is 39.7 Å². The maximum atomic E-state index is 11.5. The number of carbonyl (C=O) groups is 1. The van der Waals surface area contributed by atoms with Gasteiger partial charge in [0.25, 0.3) is 5.91 Å². The zero-order valence-corrected chi connectivity index (χ0v) is 15.3. The molecule has 0 radical (unpaired) electrons. The molecule has 1 unspecified atom stereocenters. The molecule has 140 valence electrons. The average Bonchev–Trinajstić information content (AvgIpc) is 2.67. The zero-order chi connectivity index (χ0) is 18.9. The Morgan fingerprint density at radius 3 is 2.73 bits per heavy atom. The molecule has 6 nitrogen and oxygen atoms in total. The third kappa shape index (κ3) is 5.74. The van der Waals surface area contributed by atoms with Crippen LogP contribution in [0.3, 0.4) is 0 Å². The highest BCUT2D eigenvalue weighted by atomic mass is 32.2. The largest absolute Gasteiger partial charge is 0.491 e. The van der Waals surface area contributed by atoms with Crippen LogP contribution in [0.5, 0.6) is 0 Å². The smallest absolute Gasteiger partial charge is 0.276 e. The number of ether oxygens (including phenoxy) is 1. The first-order chi connectivity index (χ1) is 12.5. The van der Waals surface area contributed by atoms with E-state index in [4.69, 9.17) is 9.94 Å². The topological polar surface area (TPSA) is 82.0 Å². The normalized spacial score (nSPS) is 17.0. The molecular formula is C19H24N2O4S. The van der Waals surface area contributed by atoms with Crippen molar-refractivity contribution in [2.45, 2.75) is 29.9 Å². The van der Waals surface area contributed by atoms with E-state index >= 15 is 0 Å². The summed E-state index contributed by atoms with van der Waals surface area (Å²) in [5, 5.41) is 18.8. The number of hydrogen-bond donors (Lipinski definition) is 3. The lowest BCUT2D eigenvalue weighted by atomic mass is 10.1. The number of nitrogens with one attached hydrogen (secondary N) is 1. The van der Waals surface area contributed by atoms with E-state index in [2.05, 4.69) is 17.5 Å². The van der Waals surface area contributed by atoms with Crippen molar-refractivity contribution in [2.24, 2.45) is 0 Å². The van der Waals surface area contributed by atoms with Crippen LogP contribution in [0.2, 0.25) is 0 Å². The number of nitrogens with zero attached hydrogens (tertiary/aromatic N) is 1. The Kier molecular flexibility index (Phi) is 7.93. The lowest BCUT2D eigenvalue weighted by Crippen LogP contribution is -2.33. The van der Waals surface area contributed by atoms with Gasteiger partial charge in [-0.1, -0.05) is 43.5 Å². The Labute approximate surface area is 157 Å². The Balaban J connectivity index is 1.92. The first kappa shape index (κ1) is 20.3. The quantitative estimate of drug-likeness (QED) is 0.213. The fraction of sp³-hybridized carbons (Fsp3) is 0.316. The molecule has 1 amide bonds. The van der Waals surface area contributed by atoms with Crippen LogP contribution in [0.25, 0.3) is 0 Å². The molecule has 0 aromatic heterocycles. The Morgan fingerprint density at radius 1 is 1.38 bits per heavy atom. The van der Waals surface area contributed by atoms with Gasteiger partial charge in [0.15, 0.2) is 6.10 Å². The van der Waals surface area contributed by atoms with Gasteiger partial charge >= 0.3 is 0 Å². The first-order valence-electron chi connectivity index (χ1n) is 8.33. The van der Waals surface area contributed by atoms with Crippen LogP contribution in [0, 0.1) is 0 Å². The lowest BCUT2D eigenvalue weighted by molar-refractivity contribution is -0.138. The monoisotopic (exact) mass is 376 g/mol. The van der Waals surface area contributed by atoms with E-state index in [1.165, 1.54) is 17.4 Å². The van der Waals surface area contributed by atoms with E-state index < -0.39 is 12.0 Å². The molecule has 1 saturated heterocycles. The van der Waals surface area contributed by atoms with Crippen molar-refractivity contribution in [1.29, 1.82) is 0 Å². The summed E-state index contributed by atoms with van der Waals surface area (Å²) in [5.41, 5.74) is 1.95. The number of allylic oxidation sites excluding steroid dienone is 3. The Bertz CT molecular complexity index is 669. The minimum atomic E-state index is -1.41. The number of hydrogen-bond acceptors (Lipinski definition) is 6. The number of aliphatic hydroxyl groups excluding tert-OH is 1.